The Kier molecular flexibility index (Phi) is 9.92. The molecule has 0 unspecified atom stereocenters. The molecule has 25 heavy (non-hydrogen) atoms. The minimum Gasteiger partial charge on any atom is -0.247 e. The number of allylic oxidation sites excluding steroid dienone is 1. The normalized spacial score (nSPS) is 21.0. The fraction of sp³-hybridized carbons (Fsp3) is 0.667. The second kappa shape index (κ2) is 12.3. The van der Waals surface area contributed by atoms with E-state index in [4.69, 9.17) is 0 Å². The minimum absolute atomic E-state index is 0.560. The first-order valence-corrected chi connectivity index (χ1v) is 10.7. The lowest BCUT2D eigenvalue weighted by atomic mass is 9.83. The maximum Gasteiger partial charge on any atom is 0.100 e. The third-order valence-corrected chi connectivity index (χ3v) is 5.60. The highest BCUT2D eigenvalue weighted by Gasteiger charge is 2.21. The van der Waals surface area contributed by atoms with Gasteiger partial charge in [0.25, 0.3) is 0 Å². The summed E-state index contributed by atoms with van der Waals surface area (Å²) in [7, 11) is 0. The molecule has 0 spiro atoms. The van der Waals surface area contributed by atoms with Crippen molar-refractivity contribution in [1.29, 1.82) is 0 Å². The summed E-state index contributed by atoms with van der Waals surface area (Å²) in [5, 5.41) is 0. The highest BCUT2D eigenvalue weighted by Crippen LogP contribution is 2.34. The number of unbranched alkanes of at least 4 members (excludes halogenated alkanes) is 8. The number of hydrogen-bond donors (Lipinski definition) is 0. The van der Waals surface area contributed by atoms with Crippen molar-refractivity contribution in [2.45, 2.75) is 102 Å². The Labute approximate surface area is 154 Å². The Bertz CT molecular complexity index is 465. The van der Waals surface area contributed by atoms with Crippen LogP contribution in [0.3, 0.4) is 0 Å². The lowest BCUT2D eigenvalue weighted by molar-refractivity contribution is 0.235. The zero-order chi connectivity index (χ0) is 17.7. The molecule has 1 aliphatic rings. The van der Waals surface area contributed by atoms with Gasteiger partial charge in [0.05, 0.1) is 0 Å². The number of rotatable bonds is 11. The number of halogens is 1. The fourth-order valence-corrected chi connectivity index (χ4v) is 3.88. The predicted molar refractivity (Wildman–Crippen MR) is 109 cm³/mol. The van der Waals surface area contributed by atoms with E-state index in [1.807, 2.05) is 0 Å². The van der Waals surface area contributed by atoms with Gasteiger partial charge in [0.15, 0.2) is 0 Å². The van der Waals surface area contributed by atoms with Gasteiger partial charge in [0.1, 0.15) is 6.17 Å². The van der Waals surface area contributed by atoms with Gasteiger partial charge in [-0.15, -0.1) is 0 Å². The quantitative estimate of drug-likeness (QED) is 0.355. The second-order valence-electron chi connectivity index (χ2n) is 7.78. The summed E-state index contributed by atoms with van der Waals surface area (Å²) in [6, 6.07) is 8.95. The van der Waals surface area contributed by atoms with Gasteiger partial charge in [-0.05, 0) is 55.6 Å². The molecule has 1 aromatic rings. The summed E-state index contributed by atoms with van der Waals surface area (Å²) in [6.07, 6.45) is 19.8. The number of alkyl halides is 1. The van der Waals surface area contributed by atoms with Crippen LogP contribution < -0.4 is 0 Å². The Morgan fingerprint density at radius 2 is 1.44 bits per heavy atom. The average Bonchev–Trinajstić information content (AvgIpc) is 2.64. The Morgan fingerprint density at radius 1 is 0.840 bits per heavy atom. The maximum absolute atomic E-state index is 13.2. The van der Waals surface area contributed by atoms with Gasteiger partial charge in [0.2, 0.25) is 0 Å². The van der Waals surface area contributed by atoms with E-state index in [0.29, 0.717) is 5.92 Å². The van der Waals surface area contributed by atoms with Gasteiger partial charge in [-0.2, -0.15) is 0 Å². The van der Waals surface area contributed by atoms with E-state index in [1.165, 1.54) is 68.9 Å². The highest BCUT2D eigenvalue weighted by molar-refractivity contribution is 5.49. The lowest BCUT2D eigenvalue weighted by Gasteiger charge is -2.24. The molecule has 0 N–H and O–H groups in total. The molecule has 0 atom stereocenters. The molecule has 0 amide bonds. The molecule has 1 aromatic carbocycles. The van der Waals surface area contributed by atoms with Gasteiger partial charge < -0.3 is 0 Å². The van der Waals surface area contributed by atoms with Crippen LogP contribution in [-0.2, 0) is 0 Å². The summed E-state index contributed by atoms with van der Waals surface area (Å²) in [6.45, 7) is 2.27. The maximum atomic E-state index is 13.2. The van der Waals surface area contributed by atoms with Gasteiger partial charge in [-0.25, -0.2) is 4.39 Å². The first-order chi connectivity index (χ1) is 12.3. The van der Waals surface area contributed by atoms with Crippen LogP contribution in [0.5, 0.6) is 0 Å². The monoisotopic (exact) mass is 344 g/mol. The molecular formula is C24H37F. The predicted octanol–water partition coefficient (Wildman–Crippen LogP) is 8.23. The summed E-state index contributed by atoms with van der Waals surface area (Å²) in [5.74, 6) is 0.572. The summed E-state index contributed by atoms with van der Waals surface area (Å²) >= 11 is 0. The lowest BCUT2D eigenvalue weighted by Crippen LogP contribution is -2.13. The Hall–Kier alpha value is -1.11. The molecule has 1 saturated carbocycles. The SMILES string of the molecule is CCCCCCCCCCC=Cc1ccc([C@H]2CC[C@H](F)CC2)cc1. The molecule has 1 heteroatoms. The van der Waals surface area contributed by atoms with E-state index in [0.717, 1.165) is 25.7 Å². The number of hydrogen-bond acceptors (Lipinski definition) is 0. The van der Waals surface area contributed by atoms with Gasteiger partial charge in [0, 0.05) is 0 Å². The van der Waals surface area contributed by atoms with Crippen LogP contribution in [0.2, 0.25) is 0 Å². The van der Waals surface area contributed by atoms with Crippen LogP contribution in [0.4, 0.5) is 4.39 Å². The van der Waals surface area contributed by atoms with Gasteiger partial charge >= 0.3 is 0 Å². The van der Waals surface area contributed by atoms with E-state index < -0.39 is 6.17 Å². The third kappa shape index (κ3) is 8.21. The van der Waals surface area contributed by atoms with E-state index >= 15 is 0 Å². The van der Waals surface area contributed by atoms with Gasteiger partial charge in [-0.3, -0.25) is 0 Å². The summed E-state index contributed by atoms with van der Waals surface area (Å²) < 4.78 is 13.2. The molecule has 0 aromatic heterocycles. The Balaban J connectivity index is 1.58. The average molecular weight is 345 g/mol. The van der Waals surface area contributed by atoms with Crippen molar-refractivity contribution in [3.05, 3.63) is 41.5 Å². The molecule has 1 fully saturated rings. The first-order valence-electron chi connectivity index (χ1n) is 10.7. The van der Waals surface area contributed by atoms with Crippen molar-refractivity contribution in [1.82, 2.24) is 0 Å². The smallest absolute Gasteiger partial charge is 0.100 e. The van der Waals surface area contributed by atoms with Crippen LogP contribution in [0.1, 0.15) is 107 Å². The topological polar surface area (TPSA) is 0 Å². The first kappa shape index (κ1) is 20.2. The van der Waals surface area contributed by atoms with Crippen LogP contribution >= 0.6 is 0 Å². The molecule has 1 aliphatic carbocycles. The fourth-order valence-electron chi connectivity index (χ4n) is 3.88. The Morgan fingerprint density at radius 3 is 2.08 bits per heavy atom. The minimum atomic E-state index is -0.560. The van der Waals surface area contributed by atoms with Crippen molar-refractivity contribution in [3.63, 3.8) is 0 Å². The third-order valence-electron chi connectivity index (χ3n) is 5.60. The molecular weight excluding hydrogens is 307 g/mol. The van der Waals surface area contributed by atoms with Crippen molar-refractivity contribution < 1.29 is 4.39 Å². The molecule has 0 aliphatic heterocycles. The summed E-state index contributed by atoms with van der Waals surface area (Å²) in [5.41, 5.74) is 2.69. The highest BCUT2D eigenvalue weighted by atomic mass is 19.1. The van der Waals surface area contributed by atoms with Crippen molar-refractivity contribution >= 4 is 6.08 Å². The van der Waals surface area contributed by atoms with Crippen LogP contribution in [0, 0.1) is 0 Å². The molecule has 0 radical (unpaired) electrons. The van der Waals surface area contributed by atoms with Crippen LogP contribution in [-0.4, -0.2) is 6.17 Å². The van der Waals surface area contributed by atoms with Crippen molar-refractivity contribution in [2.24, 2.45) is 0 Å². The summed E-state index contributed by atoms with van der Waals surface area (Å²) in [4.78, 5) is 0. The molecule has 140 valence electrons. The largest absolute Gasteiger partial charge is 0.247 e. The zero-order valence-corrected chi connectivity index (χ0v) is 16.2. The van der Waals surface area contributed by atoms with Crippen molar-refractivity contribution in [3.8, 4) is 0 Å². The molecule has 2 rings (SSSR count). The molecule has 0 nitrogen and oxygen atoms in total. The van der Waals surface area contributed by atoms with E-state index in [-0.39, 0.29) is 0 Å². The molecule has 0 heterocycles. The zero-order valence-electron chi connectivity index (χ0n) is 16.2. The van der Waals surface area contributed by atoms with Gasteiger partial charge in [-0.1, -0.05) is 88.3 Å². The van der Waals surface area contributed by atoms with E-state index in [2.05, 4.69) is 43.3 Å². The van der Waals surface area contributed by atoms with E-state index in [1.54, 1.807) is 0 Å². The van der Waals surface area contributed by atoms with Crippen LogP contribution in [0.15, 0.2) is 30.3 Å². The number of benzene rings is 1. The molecule has 0 bridgehead atoms. The molecule has 0 saturated heterocycles. The van der Waals surface area contributed by atoms with Crippen molar-refractivity contribution in [2.75, 3.05) is 0 Å². The van der Waals surface area contributed by atoms with Crippen LogP contribution in [0.25, 0.3) is 6.08 Å². The standard InChI is InChI=1S/C24H37F/c1-2-3-4-5-6-7-8-9-10-11-12-21-13-15-22(16-14-21)23-17-19-24(25)20-18-23/h11-16,23-24H,2-10,17-20H2,1H3/t23-,24-. The van der Waals surface area contributed by atoms with E-state index in [9.17, 15) is 4.39 Å². The second-order valence-corrected chi connectivity index (χ2v) is 7.78.